The predicted octanol–water partition coefficient (Wildman–Crippen LogP) is 26.1. The van der Waals surface area contributed by atoms with E-state index in [1.165, 1.54) is 372 Å². The van der Waals surface area contributed by atoms with Crippen molar-refractivity contribution in [3.63, 3.8) is 0 Å². The zero-order valence-electron chi connectivity index (χ0n) is 53.3. The van der Waals surface area contributed by atoms with Gasteiger partial charge < -0.3 is 9.47 Å². The summed E-state index contributed by atoms with van der Waals surface area (Å²) in [6.45, 7) is 10.4. The van der Waals surface area contributed by atoms with E-state index in [0.717, 1.165) is 25.7 Å². The quantitative estimate of drug-likeness (QED) is 0.0450. The van der Waals surface area contributed by atoms with Gasteiger partial charge in [-0.25, -0.2) is 0 Å². The SMILES string of the molecule is CCCCCCCCCCCCCCCCCCOC(=O)CCCCCCCCCCCCCCCCC.CCCCCCCCCCCCCCCCCCOC(=O)CCCCCCCCCCCCCCCCC. The van der Waals surface area contributed by atoms with Crippen LogP contribution < -0.4 is 0 Å². The van der Waals surface area contributed by atoms with Crippen molar-refractivity contribution in [2.24, 2.45) is 0 Å². The molecule has 0 unspecified atom stereocenters. The summed E-state index contributed by atoms with van der Waals surface area (Å²) >= 11 is 0. The first-order valence-electron chi connectivity index (χ1n) is 35.9. The summed E-state index contributed by atoms with van der Waals surface area (Å²) in [6.07, 6.45) is 86.1. The Morgan fingerprint density at radius 1 is 0.171 bits per heavy atom. The molecule has 76 heavy (non-hydrogen) atoms. The zero-order valence-corrected chi connectivity index (χ0v) is 53.3. The number of hydrogen-bond donors (Lipinski definition) is 0. The smallest absolute Gasteiger partial charge is 0.305 e. The molecule has 0 aromatic carbocycles. The van der Waals surface area contributed by atoms with Crippen LogP contribution in [0, 0.1) is 0 Å². The third-order valence-electron chi connectivity index (χ3n) is 16.5. The van der Waals surface area contributed by atoms with Gasteiger partial charge >= 0.3 is 11.9 Å². The molecule has 0 spiro atoms. The van der Waals surface area contributed by atoms with Crippen LogP contribution in [0.4, 0.5) is 0 Å². The van der Waals surface area contributed by atoms with Crippen LogP contribution in [0.15, 0.2) is 0 Å². The third-order valence-corrected chi connectivity index (χ3v) is 16.5. The van der Waals surface area contributed by atoms with Gasteiger partial charge in [-0.1, -0.05) is 400 Å². The highest BCUT2D eigenvalue weighted by Crippen LogP contribution is 2.19. The minimum atomic E-state index is 0.0284. The monoisotopic (exact) mass is 1070 g/mol. The van der Waals surface area contributed by atoms with Crippen molar-refractivity contribution in [3.05, 3.63) is 0 Å². The van der Waals surface area contributed by atoms with Crippen LogP contribution in [-0.2, 0) is 19.1 Å². The van der Waals surface area contributed by atoms with Gasteiger partial charge in [-0.05, 0) is 25.7 Å². The van der Waals surface area contributed by atoms with Crippen molar-refractivity contribution < 1.29 is 19.1 Å². The molecule has 0 heterocycles. The molecule has 0 bridgehead atoms. The molecule has 0 fully saturated rings. The summed E-state index contributed by atoms with van der Waals surface area (Å²) in [4.78, 5) is 23.8. The first kappa shape index (κ1) is 77.0. The van der Waals surface area contributed by atoms with Crippen LogP contribution in [0.3, 0.4) is 0 Å². The lowest BCUT2D eigenvalue weighted by Gasteiger charge is -2.06. The second-order valence-electron chi connectivity index (χ2n) is 24.4. The molecule has 0 aromatic heterocycles. The summed E-state index contributed by atoms with van der Waals surface area (Å²) in [7, 11) is 0. The maximum absolute atomic E-state index is 11.9. The van der Waals surface area contributed by atoms with Crippen molar-refractivity contribution in [1.29, 1.82) is 0 Å². The molecule has 0 saturated heterocycles. The Labute approximate surface area is 480 Å². The van der Waals surface area contributed by atoms with Gasteiger partial charge in [-0.2, -0.15) is 0 Å². The largest absolute Gasteiger partial charge is 0.466 e. The number of ether oxygens (including phenoxy) is 2. The molecule has 456 valence electrons. The molecule has 4 heteroatoms. The van der Waals surface area contributed by atoms with Crippen molar-refractivity contribution in [3.8, 4) is 0 Å². The average Bonchev–Trinajstić information content (AvgIpc) is 3.42. The van der Waals surface area contributed by atoms with Gasteiger partial charge in [0.1, 0.15) is 0 Å². The number of hydrogen-bond acceptors (Lipinski definition) is 4. The molecule has 4 nitrogen and oxygen atoms in total. The molecule has 0 aromatic rings. The summed E-state index contributed by atoms with van der Waals surface area (Å²) in [5.41, 5.74) is 0. The molecular formula is C72H144O4. The Bertz CT molecular complexity index is 946. The highest BCUT2D eigenvalue weighted by molar-refractivity contribution is 5.69. The molecule has 0 N–H and O–H groups in total. The minimum Gasteiger partial charge on any atom is -0.466 e. The fourth-order valence-corrected chi connectivity index (χ4v) is 11.1. The Morgan fingerprint density at radius 3 is 0.434 bits per heavy atom. The Hall–Kier alpha value is -1.06. The Morgan fingerprint density at radius 2 is 0.289 bits per heavy atom. The van der Waals surface area contributed by atoms with Gasteiger partial charge in [0.2, 0.25) is 0 Å². The fraction of sp³-hybridized carbons (Fsp3) is 0.972. The predicted molar refractivity (Wildman–Crippen MR) is 340 cm³/mol. The van der Waals surface area contributed by atoms with E-state index in [1.807, 2.05) is 0 Å². The Kier molecular flexibility index (Phi) is 74.9. The number of carbonyl (C=O) groups excluding carboxylic acids is 2. The van der Waals surface area contributed by atoms with E-state index < -0.39 is 0 Å². The average molecular weight is 1070 g/mol. The fourth-order valence-electron chi connectivity index (χ4n) is 11.1. The molecule has 0 amide bonds. The Balaban J connectivity index is 0. The van der Waals surface area contributed by atoms with E-state index in [0.29, 0.717) is 26.1 Å². The normalized spacial score (nSPS) is 11.3. The standard InChI is InChI=1S/2C36H72O2/c2*1-3-5-7-9-11-13-15-17-19-21-23-25-27-29-31-33-35-38-36(37)34-32-30-28-26-24-22-20-18-16-14-12-10-8-6-4-2/h2*3-35H2,1-2H3. The lowest BCUT2D eigenvalue weighted by Crippen LogP contribution is -2.05. The van der Waals surface area contributed by atoms with Crippen LogP contribution in [0.2, 0.25) is 0 Å². The molecule has 0 aliphatic heterocycles. The van der Waals surface area contributed by atoms with Crippen LogP contribution in [0.5, 0.6) is 0 Å². The molecule has 0 atom stereocenters. The van der Waals surface area contributed by atoms with Crippen LogP contribution >= 0.6 is 0 Å². The van der Waals surface area contributed by atoms with E-state index in [9.17, 15) is 9.59 Å². The van der Waals surface area contributed by atoms with Crippen LogP contribution in [-0.4, -0.2) is 25.2 Å². The maximum Gasteiger partial charge on any atom is 0.305 e. The topological polar surface area (TPSA) is 52.6 Å². The van der Waals surface area contributed by atoms with Gasteiger partial charge in [0.15, 0.2) is 0 Å². The van der Waals surface area contributed by atoms with Gasteiger partial charge in [0, 0.05) is 12.8 Å². The van der Waals surface area contributed by atoms with Gasteiger partial charge in [-0.15, -0.1) is 0 Å². The zero-order chi connectivity index (χ0) is 55.2. The summed E-state index contributed by atoms with van der Waals surface area (Å²) < 4.78 is 10.9. The molecule has 0 aliphatic rings. The second-order valence-corrected chi connectivity index (χ2v) is 24.4. The lowest BCUT2D eigenvalue weighted by molar-refractivity contribution is -0.144. The summed E-state index contributed by atoms with van der Waals surface area (Å²) in [5.74, 6) is 0.0568. The van der Waals surface area contributed by atoms with E-state index in [-0.39, 0.29) is 11.9 Å². The first-order valence-corrected chi connectivity index (χ1v) is 35.9. The molecule has 0 radical (unpaired) electrons. The number of unbranched alkanes of at least 4 members (excludes halogenated alkanes) is 58. The second kappa shape index (κ2) is 73.9. The van der Waals surface area contributed by atoms with Crippen LogP contribution in [0.25, 0.3) is 0 Å². The van der Waals surface area contributed by atoms with E-state index >= 15 is 0 Å². The lowest BCUT2D eigenvalue weighted by atomic mass is 10.0. The van der Waals surface area contributed by atoms with E-state index in [4.69, 9.17) is 9.47 Å². The van der Waals surface area contributed by atoms with Gasteiger partial charge in [-0.3, -0.25) is 9.59 Å². The van der Waals surface area contributed by atoms with Crippen molar-refractivity contribution >= 4 is 11.9 Å². The summed E-state index contributed by atoms with van der Waals surface area (Å²) in [5, 5.41) is 0. The number of carbonyl (C=O) groups is 2. The number of esters is 2. The van der Waals surface area contributed by atoms with E-state index in [1.54, 1.807) is 0 Å². The van der Waals surface area contributed by atoms with Gasteiger partial charge in [0.25, 0.3) is 0 Å². The third kappa shape index (κ3) is 75.0. The highest BCUT2D eigenvalue weighted by atomic mass is 16.5. The molecule has 0 rings (SSSR count). The maximum atomic E-state index is 11.9. The molecular weight excluding hydrogens is 929 g/mol. The molecule has 0 saturated carbocycles. The number of rotatable bonds is 66. The van der Waals surface area contributed by atoms with E-state index in [2.05, 4.69) is 27.7 Å². The van der Waals surface area contributed by atoms with Crippen molar-refractivity contribution in [2.75, 3.05) is 13.2 Å². The van der Waals surface area contributed by atoms with Gasteiger partial charge in [0.05, 0.1) is 13.2 Å². The first-order chi connectivity index (χ1) is 37.6. The summed E-state index contributed by atoms with van der Waals surface area (Å²) in [6, 6.07) is 0. The van der Waals surface area contributed by atoms with Crippen molar-refractivity contribution in [1.82, 2.24) is 0 Å². The molecule has 0 aliphatic carbocycles. The van der Waals surface area contributed by atoms with Crippen LogP contribution in [0.1, 0.15) is 439 Å². The highest BCUT2D eigenvalue weighted by Gasteiger charge is 2.05. The van der Waals surface area contributed by atoms with Crippen molar-refractivity contribution in [2.45, 2.75) is 439 Å². The minimum absolute atomic E-state index is 0.0284.